The SMILES string of the molecule is BC(C)(C)c1ccc(SNC(=O)C(Oc2ccc(C(=O)O)cc2C(B)(B)C(B)(B)C(B)(B)B)c2ccc3c(c2)OCO3)cc1. The van der Waals surface area contributed by atoms with Crippen molar-refractivity contribution >= 4 is 86.6 Å². The Morgan fingerprint density at radius 1 is 0.886 bits per heavy atom. The average Bonchev–Trinajstić information content (AvgIpc) is 3.41. The van der Waals surface area contributed by atoms with E-state index >= 15 is 0 Å². The molecule has 0 aliphatic carbocycles. The van der Waals surface area contributed by atoms with E-state index < -0.39 is 17.3 Å². The number of carbonyl (C=O) groups excluding carboxylic acids is 1. The van der Waals surface area contributed by atoms with Gasteiger partial charge in [0, 0.05) is 10.5 Å². The average molecular weight is 602 g/mol. The summed E-state index contributed by atoms with van der Waals surface area (Å²) in [4.78, 5) is 26.9. The molecule has 44 heavy (non-hydrogen) atoms. The van der Waals surface area contributed by atoms with Crippen molar-refractivity contribution in [3.8, 4) is 17.2 Å². The van der Waals surface area contributed by atoms with Gasteiger partial charge < -0.3 is 19.3 Å². The highest BCUT2D eigenvalue weighted by Gasteiger charge is 2.46. The molecule has 0 spiro atoms. The minimum atomic E-state index is -1.06. The van der Waals surface area contributed by atoms with E-state index in [4.69, 9.17) is 14.2 Å². The van der Waals surface area contributed by atoms with Gasteiger partial charge in [0.15, 0.2) is 11.5 Å². The number of carboxylic acids is 1. The predicted octanol–water partition coefficient (Wildman–Crippen LogP) is -2.30. The standard InChI is InChI=1S/C28H37B8NO6S/c1-25(2,29)16-5-7-17(8-6-16)44-37-23(38)22(14-3-10-20-21(12-14)42-13-41-20)43-19-9-4-15(24(39)40)11-18(19)26(30,31)27(32,33)28(34,35)36/h3-12,22H,13,29-36H2,1-2H3,(H,37,38)(H,39,40). The van der Waals surface area contributed by atoms with Crippen LogP contribution < -0.4 is 18.9 Å². The number of ether oxygens (including phenoxy) is 3. The lowest BCUT2D eigenvalue weighted by Gasteiger charge is -2.53. The summed E-state index contributed by atoms with van der Waals surface area (Å²) in [6.45, 7) is 4.42. The Kier molecular flexibility index (Phi) is 9.47. The molecule has 220 valence electrons. The normalized spacial score (nSPS) is 14.0. The van der Waals surface area contributed by atoms with Gasteiger partial charge in [0.2, 0.25) is 12.9 Å². The topological polar surface area (TPSA) is 94.1 Å². The molecular weight excluding hydrogens is 565 g/mol. The second kappa shape index (κ2) is 12.3. The third kappa shape index (κ3) is 6.90. The monoisotopic (exact) mass is 603 g/mol. The van der Waals surface area contributed by atoms with Crippen LogP contribution in [0.5, 0.6) is 17.2 Å². The largest absolute Gasteiger partial charge is 0.478 e. The quantitative estimate of drug-likeness (QED) is 0.189. The van der Waals surface area contributed by atoms with Crippen LogP contribution in [0.4, 0.5) is 0 Å². The molecule has 7 nitrogen and oxygen atoms in total. The van der Waals surface area contributed by atoms with E-state index in [-0.39, 0.29) is 33.9 Å². The summed E-state index contributed by atoms with van der Waals surface area (Å²) in [5.74, 6) is 0.177. The zero-order valence-electron chi connectivity index (χ0n) is 27.5. The van der Waals surface area contributed by atoms with Crippen molar-refractivity contribution in [2.45, 2.75) is 45.7 Å². The number of carboxylic acid groups (broad SMARTS) is 1. The molecule has 1 aliphatic heterocycles. The Labute approximate surface area is 272 Å². The van der Waals surface area contributed by atoms with E-state index in [1.54, 1.807) is 30.3 Å². The highest BCUT2D eigenvalue weighted by Crippen LogP contribution is 2.53. The van der Waals surface area contributed by atoms with Crippen LogP contribution in [0.25, 0.3) is 0 Å². The molecule has 1 amide bonds. The van der Waals surface area contributed by atoms with Crippen molar-refractivity contribution < 1.29 is 28.9 Å². The zero-order chi connectivity index (χ0) is 32.7. The summed E-state index contributed by atoms with van der Waals surface area (Å²) >= 11 is 1.22. The molecule has 1 unspecified atom stereocenters. The lowest BCUT2D eigenvalue weighted by atomic mass is 9.13. The first kappa shape index (κ1) is 33.8. The van der Waals surface area contributed by atoms with E-state index in [0.29, 0.717) is 28.4 Å². The van der Waals surface area contributed by atoms with Crippen LogP contribution in [0.1, 0.15) is 47.0 Å². The lowest BCUT2D eigenvalue weighted by Crippen LogP contribution is -2.51. The minimum absolute atomic E-state index is 0.0218. The van der Waals surface area contributed by atoms with Gasteiger partial charge in [-0.2, -0.15) is 0 Å². The summed E-state index contributed by atoms with van der Waals surface area (Å²) in [7, 11) is 17.2. The molecule has 16 heteroatoms. The third-order valence-corrected chi connectivity index (χ3v) is 10.3. The lowest BCUT2D eigenvalue weighted by molar-refractivity contribution is -0.126. The van der Waals surface area contributed by atoms with Gasteiger partial charge in [0.1, 0.15) is 29.3 Å². The fourth-order valence-corrected chi connectivity index (χ4v) is 5.79. The molecule has 0 saturated carbocycles. The summed E-state index contributed by atoms with van der Waals surface area (Å²) < 4.78 is 20.7. The van der Waals surface area contributed by atoms with Gasteiger partial charge in [-0.05, 0) is 65.3 Å². The molecule has 1 atom stereocenters. The van der Waals surface area contributed by atoms with Crippen LogP contribution in [0.2, 0.25) is 10.3 Å². The molecular formula is C28H37B8NO6S. The molecule has 3 aromatic carbocycles. The maximum atomic E-state index is 13.9. The van der Waals surface area contributed by atoms with Crippen LogP contribution in [-0.4, -0.2) is 86.5 Å². The highest BCUT2D eigenvalue weighted by atomic mass is 32.2. The molecule has 0 radical (unpaired) electrons. The highest BCUT2D eigenvalue weighted by molar-refractivity contribution is 7.98. The van der Waals surface area contributed by atoms with Crippen LogP contribution in [-0.2, 0) is 15.3 Å². The molecule has 3 aromatic rings. The fourth-order valence-electron chi connectivity index (χ4n) is 5.19. The predicted molar refractivity (Wildman–Crippen MR) is 198 cm³/mol. The second-order valence-electron chi connectivity index (χ2n) is 14.5. The van der Waals surface area contributed by atoms with Crippen molar-refractivity contribution in [3.05, 3.63) is 82.9 Å². The summed E-state index contributed by atoms with van der Waals surface area (Å²) in [5, 5.41) is 8.90. The first-order valence-corrected chi connectivity index (χ1v) is 15.7. The van der Waals surface area contributed by atoms with Gasteiger partial charge in [-0.1, -0.05) is 42.8 Å². The smallest absolute Gasteiger partial charge is 0.335 e. The number of hydrogen-bond donors (Lipinski definition) is 2. The second-order valence-corrected chi connectivity index (χ2v) is 15.3. The van der Waals surface area contributed by atoms with Crippen molar-refractivity contribution in [2.24, 2.45) is 0 Å². The Morgan fingerprint density at radius 3 is 2.11 bits per heavy atom. The zero-order valence-corrected chi connectivity index (χ0v) is 28.3. The summed E-state index contributed by atoms with van der Waals surface area (Å²) in [6.07, 6.45) is -1.06. The van der Waals surface area contributed by atoms with E-state index in [0.717, 1.165) is 4.90 Å². The van der Waals surface area contributed by atoms with E-state index in [1.165, 1.54) is 23.6 Å². The van der Waals surface area contributed by atoms with Crippen LogP contribution >= 0.6 is 11.9 Å². The molecule has 0 aromatic heterocycles. The molecule has 4 rings (SSSR count). The molecule has 1 heterocycles. The number of aromatic carboxylic acids is 1. The molecule has 0 fully saturated rings. The minimum Gasteiger partial charge on any atom is -0.478 e. The molecule has 1 aliphatic rings. The van der Waals surface area contributed by atoms with Crippen LogP contribution in [0.3, 0.4) is 0 Å². The van der Waals surface area contributed by atoms with Crippen LogP contribution in [0.15, 0.2) is 65.6 Å². The van der Waals surface area contributed by atoms with Crippen molar-refractivity contribution in [2.75, 3.05) is 6.79 Å². The van der Waals surface area contributed by atoms with Crippen molar-refractivity contribution in [1.82, 2.24) is 4.72 Å². The maximum Gasteiger partial charge on any atom is 0.335 e. The Bertz CT molecular complexity index is 1560. The van der Waals surface area contributed by atoms with Crippen molar-refractivity contribution in [1.29, 1.82) is 0 Å². The van der Waals surface area contributed by atoms with Gasteiger partial charge in [-0.25, -0.2) is 4.79 Å². The number of nitrogens with one attached hydrogen (secondary N) is 1. The van der Waals surface area contributed by atoms with E-state index in [9.17, 15) is 14.7 Å². The molecule has 0 saturated heterocycles. The summed E-state index contributed by atoms with van der Waals surface area (Å²) in [6, 6.07) is 18.3. The maximum absolute atomic E-state index is 13.9. The first-order valence-electron chi connectivity index (χ1n) is 14.8. The van der Waals surface area contributed by atoms with Gasteiger partial charge >= 0.3 is 5.97 Å². The number of carbonyl (C=O) groups is 2. The van der Waals surface area contributed by atoms with Gasteiger partial charge in [-0.15, -0.1) is 10.3 Å². The molecule has 0 bridgehead atoms. The fraction of sp³-hybridized carbons (Fsp3) is 0.286. The van der Waals surface area contributed by atoms with Crippen LogP contribution in [0, 0.1) is 0 Å². The number of fused-ring (bicyclic) bond motifs is 1. The van der Waals surface area contributed by atoms with Gasteiger partial charge in [-0.3, -0.25) is 9.52 Å². The Balaban J connectivity index is 1.74. The molecule has 2 N–H and O–H groups in total. The Hall–Kier alpha value is -3.13. The van der Waals surface area contributed by atoms with E-state index in [2.05, 4.69) is 93.5 Å². The number of rotatable bonds is 11. The number of hydrogen-bond acceptors (Lipinski definition) is 6. The first-order chi connectivity index (χ1) is 20.3. The van der Waals surface area contributed by atoms with Crippen molar-refractivity contribution in [3.63, 3.8) is 0 Å². The summed E-state index contributed by atoms with van der Waals surface area (Å²) in [5.41, 5.74) is 2.65. The van der Waals surface area contributed by atoms with Gasteiger partial charge in [0.05, 0.1) is 44.8 Å². The number of amides is 1. The Morgan fingerprint density at radius 2 is 1.52 bits per heavy atom. The van der Waals surface area contributed by atoms with Gasteiger partial charge in [0.25, 0.3) is 5.91 Å². The van der Waals surface area contributed by atoms with E-state index in [1.807, 2.05) is 12.1 Å². The third-order valence-electron chi connectivity index (χ3n) is 9.51. The number of benzene rings is 3.